The molecule has 0 fully saturated rings. The Kier molecular flexibility index (Phi) is 28.9. The number of rotatable bonds is 12. The van der Waals surface area contributed by atoms with E-state index >= 15 is 0 Å². The molecule has 14 aromatic rings. The van der Waals surface area contributed by atoms with Crippen molar-refractivity contribution in [2.45, 2.75) is 34.6 Å². The van der Waals surface area contributed by atoms with Crippen molar-refractivity contribution < 1.29 is 57.4 Å². The van der Waals surface area contributed by atoms with E-state index in [0.717, 1.165) is 154 Å². The molecule has 14 aromatic carbocycles. The number of fused-ring (bicyclic) bond motifs is 6. The zero-order valence-corrected chi connectivity index (χ0v) is 57.4. The van der Waals surface area contributed by atoms with Crippen molar-refractivity contribution >= 4 is 121 Å². The van der Waals surface area contributed by atoms with E-state index in [4.69, 9.17) is 14.2 Å². The zero-order chi connectivity index (χ0) is 72.6. The van der Waals surface area contributed by atoms with Gasteiger partial charge in [-0.1, -0.05) is 218 Å². The van der Waals surface area contributed by atoms with Gasteiger partial charge in [0, 0.05) is 49.9 Å². The lowest BCUT2D eigenvalue weighted by Gasteiger charge is -2.10. The van der Waals surface area contributed by atoms with Gasteiger partial charge in [0.2, 0.25) is 0 Å². The molecule has 0 heterocycles. The molecule has 14 rings (SSSR count). The molecule has 0 aromatic heterocycles. The molecule has 0 radical (unpaired) electrons. The molecule has 0 aliphatic rings. The Bertz CT molecular complexity index is 5120. The number of aldehydes is 9. The zero-order valence-electron chi connectivity index (χ0n) is 57.4. The Morgan fingerprint density at radius 3 is 1.13 bits per heavy atom. The van der Waals surface area contributed by atoms with Gasteiger partial charge in [0.05, 0.1) is 26.9 Å². The fourth-order valence-electron chi connectivity index (χ4n) is 11.3. The number of hydrogen-bond acceptors (Lipinski definition) is 12. The lowest BCUT2D eigenvalue weighted by Crippen LogP contribution is -1.91. The van der Waals surface area contributed by atoms with Crippen LogP contribution in [-0.2, 0) is 0 Å². The molecular formula is C89H76O12. The summed E-state index contributed by atoms with van der Waals surface area (Å²) in [6, 6.07) is 82.1. The molecule has 0 aliphatic carbocycles. The standard InChI is InChI=1S/C16H12O.2C12H10O2.2C11H8O.C10H12O.C9H10O2.C8H6O2/c1-11-12-6-2-4-8-14(12)16(10-17)15-9-5-3-7-13(11)15;1-14-12-7-6-9(8-13)10-4-2-3-5-11(10)12;1-14-12-7-6-9-4-2-3-5-10(9)11(12)8-13;12-8-10-6-3-5-9-4-1-2-7-11(9)10;12-8-9-5-6-10-3-1-2-4-11(10)7-9;1-7-4-8(2)10(6-11)9(3)5-7;1-7-5-8(6-10)3-4-9(7)11-2;9-5-7-2-1-3-8(4-7)6-10/h2-10H,1H3;2*2-8H,1H3;2*1-8H;4-6H,1-3H3;3-6H,1-2H3;1-6H. The van der Waals surface area contributed by atoms with Gasteiger partial charge >= 0.3 is 0 Å². The molecule has 0 saturated heterocycles. The van der Waals surface area contributed by atoms with E-state index in [9.17, 15) is 43.2 Å². The molecule has 504 valence electrons. The Morgan fingerprint density at radius 1 is 0.228 bits per heavy atom. The van der Waals surface area contributed by atoms with Gasteiger partial charge < -0.3 is 14.2 Å². The van der Waals surface area contributed by atoms with E-state index in [2.05, 4.69) is 19.1 Å². The second kappa shape index (κ2) is 38.7. The van der Waals surface area contributed by atoms with Crippen molar-refractivity contribution in [2.75, 3.05) is 21.3 Å². The second-order valence-corrected chi connectivity index (χ2v) is 22.9. The maximum Gasteiger partial charge on any atom is 0.154 e. The summed E-state index contributed by atoms with van der Waals surface area (Å²) >= 11 is 0. The van der Waals surface area contributed by atoms with Crippen molar-refractivity contribution in [1.82, 2.24) is 0 Å². The third kappa shape index (κ3) is 20.1. The maximum absolute atomic E-state index is 11.3. The third-order valence-electron chi connectivity index (χ3n) is 16.3. The number of aryl methyl sites for hydroxylation is 5. The number of ether oxygens (including phenoxy) is 3. The fourth-order valence-corrected chi connectivity index (χ4v) is 11.3. The molecule has 12 heteroatoms. The van der Waals surface area contributed by atoms with Gasteiger partial charge in [-0.05, 0) is 165 Å². The second-order valence-electron chi connectivity index (χ2n) is 22.9. The Balaban J connectivity index is 0.000000163. The lowest BCUT2D eigenvalue weighted by molar-refractivity contribution is 0.111. The monoisotopic (exact) mass is 1340 g/mol. The van der Waals surface area contributed by atoms with Crippen molar-refractivity contribution in [3.63, 3.8) is 0 Å². The van der Waals surface area contributed by atoms with Crippen molar-refractivity contribution in [1.29, 1.82) is 0 Å². The van der Waals surface area contributed by atoms with E-state index in [1.54, 1.807) is 69.9 Å². The molecule has 0 spiro atoms. The van der Waals surface area contributed by atoms with Crippen LogP contribution in [-0.4, -0.2) is 77.9 Å². The highest BCUT2D eigenvalue weighted by Crippen LogP contribution is 2.32. The average molecular weight is 1340 g/mol. The first-order chi connectivity index (χ1) is 49.2. The maximum atomic E-state index is 11.3. The lowest BCUT2D eigenvalue weighted by atomic mass is 9.93. The molecule has 0 saturated carbocycles. The number of benzene rings is 14. The summed E-state index contributed by atoms with van der Waals surface area (Å²) in [7, 11) is 4.81. The van der Waals surface area contributed by atoms with Crippen LogP contribution in [0.4, 0.5) is 0 Å². The molecule has 0 aliphatic heterocycles. The predicted octanol–water partition coefficient (Wildman–Crippen LogP) is 20.3. The van der Waals surface area contributed by atoms with Gasteiger partial charge in [0.25, 0.3) is 0 Å². The molecule has 101 heavy (non-hydrogen) atoms. The van der Waals surface area contributed by atoms with Gasteiger partial charge in [-0.2, -0.15) is 0 Å². The van der Waals surface area contributed by atoms with Crippen molar-refractivity contribution in [2.24, 2.45) is 0 Å². The summed E-state index contributed by atoms with van der Waals surface area (Å²) in [6.07, 6.45) is 7.60. The Hall–Kier alpha value is -12.9. The summed E-state index contributed by atoms with van der Waals surface area (Å²) in [6.45, 7) is 9.98. The molecule has 0 amide bonds. The first-order valence-corrected chi connectivity index (χ1v) is 32.0. The highest BCUT2D eigenvalue weighted by Gasteiger charge is 2.11. The summed E-state index contributed by atoms with van der Waals surface area (Å²) < 4.78 is 15.4. The quantitative estimate of drug-likeness (QED) is 0.0835. The van der Waals surface area contributed by atoms with Crippen molar-refractivity contribution in [3.05, 3.63) is 339 Å². The van der Waals surface area contributed by atoms with E-state index in [1.807, 2.05) is 228 Å². The smallest absolute Gasteiger partial charge is 0.154 e. The van der Waals surface area contributed by atoms with Crippen LogP contribution in [0.1, 0.15) is 121 Å². The molecular weight excluding hydrogens is 1260 g/mol. The van der Waals surface area contributed by atoms with Gasteiger partial charge in [-0.15, -0.1) is 0 Å². The fraction of sp³-hybridized carbons (Fsp3) is 0.0899. The number of carbonyl (C=O) groups is 9. The minimum Gasteiger partial charge on any atom is -0.496 e. The number of carbonyl (C=O) groups excluding carboxylic acids is 9. The van der Waals surface area contributed by atoms with Crippen LogP contribution in [0.5, 0.6) is 17.2 Å². The highest BCUT2D eigenvalue weighted by molar-refractivity contribution is 6.14. The number of methoxy groups -OCH3 is 3. The molecule has 0 atom stereocenters. The van der Waals surface area contributed by atoms with Gasteiger partial charge in [-0.3, -0.25) is 43.2 Å². The van der Waals surface area contributed by atoms with Crippen LogP contribution in [0, 0.1) is 34.6 Å². The van der Waals surface area contributed by atoms with Crippen LogP contribution in [0.2, 0.25) is 0 Å². The van der Waals surface area contributed by atoms with E-state index in [0.29, 0.717) is 46.1 Å². The van der Waals surface area contributed by atoms with E-state index in [-0.39, 0.29) is 0 Å². The van der Waals surface area contributed by atoms with Gasteiger partial charge in [0.1, 0.15) is 42.4 Å². The summed E-state index contributed by atoms with van der Waals surface area (Å²) in [5, 5.41) is 12.7. The molecule has 0 N–H and O–H groups in total. The van der Waals surface area contributed by atoms with Crippen LogP contribution >= 0.6 is 0 Å². The first kappa shape index (κ1) is 75.5. The van der Waals surface area contributed by atoms with E-state index < -0.39 is 0 Å². The Morgan fingerprint density at radius 2 is 0.614 bits per heavy atom. The summed E-state index contributed by atoms with van der Waals surface area (Å²) in [4.78, 5) is 95.3. The van der Waals surface area contributed by atoms with E-state index in [1.165, 1.54) is 16.5 Å². The van der Waals surface area contributed by atoms with Crippen LogP contribution < -0.4 is 14.2 Å². The largest absolute Gasteiger partial charge is 0.496 e. The molecule has 0 unspecified atom stereocenters. The minimum atomic E-state index is 0.532. The third-order valence-corrected chi connectivity index (χ3v) is 16.3. The summed E-state index contributed by atoms with van der Waals surface area (Å²) in [5.41, 5.74) is 11.7. The van der Waals surface area contributed by atoms with Crippen LogP contribution in [0.25, 0.3) is 64.6 Å². The topological polar surface area (TPSA) is 181 Å². The normalized spacial score (nSPS) is 9.94. The summed E-state index contributed by atoms with van der Waals surface area (Å²) in [5.74, 6) is 2.24. The van der Waals surface area contributed by atoms with Crippen molar-refractivity contribution in [3.8, 4) is 17.2 Å². The minimum absolute atomic E-state index is 0.532. The first-order valence-electron chi connectivity index (χ1n) is 32.0. The predicted molar refractivity (Wildman–Crippen MR) is 408 cm³/mol. The van der Waals surface area contributed by atoms with Crippen LogP contribution in [0.3, 0.4) is 0 Å². The SMILES string of the molecule is COc1ccc(C=O)c2ccccc12.COc1ccc(C=O)cc1C.COc1ccc2ccccc2c1C=O.Cc1c2ccccc2c(C=O)c2ccccc12.Cc1cc(C)c(C=O)c(C)c1.O=Cc1ccc2ccccc2c1.O=Cc1cccc(C=O)c1.O=Cc1cccc2ccccc12. The van der Waals surface area contributed by atoms with Gasteiger partial charge in [-0.25, -0.2) is 0 Å². The number of hydrogen-bond donors (Lipinski definition) is 0. The van der Waals surface area contributed by atoms with Crippen LogP contribution in [0.15, 0.2) is 261 Å². The molecule has 0 bridgehead atoms. The average Bonchev–Trinajstić information content (AvgIpc) is 0.760. The molecule has 12 nitrogen and oxygen atoms in total. The Labute approximate surface area is 587 Å². The van der Waals surface area contributed by atoms with Gasteiger partial charge in [0.15, 0.2) is 31.4 Å². The highest BCUT2D eigenvalue weighted by atomic mass is 16.5.